The zero-order valence-electron chi connectivity index (χ0n) is 22.2. The monoisotopic (exact) mass is 601 g/mol. The van der Waals surface area contributed by atoms with Crippen molar-refractivity contribution in [2.24, 2.45) is 0 Å². The van der Waals surface area contributed by atoms with Gasteiger partial charge in [0.15, 0.2) is 11.2 Å². The van der Waals surface area contributed by atoms with E-state index in [2.05, 4.69) is 40.0 Å². The highest BCUT2D eigenvalue weighted by Gasteiger charge is 2.43. The van der Waals surface area contributed by atoms with Crippen molar-refractivity contribution < 1.29 is 38.3 Å². The standard InChI is InChI=1S/C28H31N3O8S2/c1-16(24(14-29)41(36,37)30-15-21-25(32)26(33)27(34)28(35)39-21)22-6-7-23(40-22)19-3-2-18-13-20(5-4-17(18)12-19)31-8-10-38-11-9-31/h2-7,12-13,21,25-28,30,32-35H,8-11,15H2,1H3/b24-16+/t21-,25-,26+,27-,28?/m1/s1. The smallest absolute Gasteiger partial charge is 0.251 e. The van der Waals surface area contributed by atoms with E-state index in [1.54, 1.807) is 12.1 Å². The normalized spacial score (nSPS) is 26.0. The van der Waals surface area contributed by atoms with Crippen LogP contribution in [0.15, 0.2) is 53.4 Å². The van der Waals surface area contributed by atoms with Gasteiger partial charge in [0.05, 0.1) is 13.2 Å². The molecule has 218 valence electrons. The molecule has 0 bridgehead atoms. The summed E-state index contributed by atoms with van der Waals surface area (Å²) in [6, 6.07) is 17.9. The number of sulfonamides is 1. The summed E-state index contributed by atoms with van der Waals surface area (Å²) in [7, 11) is -4.34. The molecule has 5 rings (SSSR count). The van der Waals surface area contributed by atoms with Gasteiger partial charge in [-0.25, -0.2) is 13.1 Å². The van der Waals surface area contributed by atoms with Crippen molar-refractivity contribution in [2.45, 2.75) is 37.6 Å². The number of aliphatic hydroxyl groups excluding tert-OH is 4. The second-order valence-electron chi connectivity index (χ2n) is 9.96. The van der Waals surface area contributed by atoms with Gasteiger partial charge in [-0.2, -0.15) is 5.26 Å². The first-order chi connectivity index (χ1) is 19.6. The molecule has 0 spiro atoms. The Morgan fingerprint density at radius 3 is 2.46 bits per heavy atom. The van der Waals surface area contributed by atoms with Crippen LogP contribution in [0.4, 0.5) is 5.69 Å². The molecule has 13 heteroatoms. The van der Waals surface area contributed by atoms with Crippen molar-refractivity contribution in [3.8, 4) is 16.5 Å². The molecule has 1 aromatic heterocycles. The number of rotatable bonds is 7. The van der Waals surface area contributed by atoms with Gasteiger partial charge in [0.1, 0.15) is 30.5 Å². The van der Waals surface area contributed by atoms with Crippen molar-refractivity contribution in [1.29, 1.82) is 5.26 Å². The van der Waals surface area contributed by atoms with Crippen LogP contribution >= 0.6 is 11.3 Å². The number of nitrogens with zero attached hydrogens (tertiary/aromatic N) is 2. The van der Waals surface area contributed by atoms with Gasteiger partial charge in [0.25, 0.3) is 10.0 Å². The number of morpholine rings is 1. The number of thiophene rings is 1. The molecule has 2 aromatic carbocycles. The Labute approximate surface area is 241 Å². The largest absolute Gasteiger partial charge is 0.388 e. The van der Waals surface area contributed by atoms with E-state index in [0.29, 0.717) is 18.1 Å². The lowest BCUT2D eigenvalue weighted by Gasteiger charge is -2.38. The fraction of sp³-hybridized carbons (Fsp3) is 0.393. The molecule has 3 heterocycles. The second kappa shape index (κ2) is 12.1. The maximum Gasteiger partial charge on any atom is 0.251 e. The van der Waals surface area contributed by atoms with Gasteiger partial charge in [-0.1, -0.05) is 18.2 Å². The summed E-state index contributed by atoms with van der Waals surface area (Å²) in [6.07, 6.45) is -8.27. The molecule has 5 atom stereocenters. The summed E-state index contributed by atoms with van der Waals surface area (Å²) in [5, 5.41) is 51.1. The van der Waals surface area contributed by atoms with Gasteiger partial charge in [-0.3, -0.25) is 0 Å². The number of ether oxygens (including phenoxy) is 2. The fourth-order valence-corrected chi connectivity index (χ4v) is 7.16. The lowest BCUT2D eigenvalue weighted by molar-refractivity contribution is -0.279. The van der Waals surface area contributed by atoms with E-state index in [0.717, 1.165) is 40.0 Å². The third-order valence-electron chi connectivity index (χ3n) is 7.33. The molecule has 0 radical (unpaired) electrons. The van der Waals surface area contributed by atoms with Gasteiger partial charge in [-0.15, -0.1) is 11.3 Å². The number of hydrogen-bond acceptors (Lipinski definition) is 11. The molecular formula is C28H31N3O8S2. The maximum atomic E-state index is 13.0. The van der Waals surface area contributed by atoms with Crippen LogP contribution < -0.4 is 9.62 Å². The maximum absolute atomic E-state index is 13.0. The Kier molecular flexibility index (Phi) is 8.76. The minimum atomic E-state index is -4.34. The molecular weight excluding hydrogens is 570 g/mol. The van der Waals surface area contributed by atoms with Gasteiger partial charge < -0.3 is 34.8 Å². The van der Waals surface area contributed by atoms with E-state index in [1.165, 1.54) is 18.3 Å². The molecule has 2 aliphatic heterocycles. The van der Waals surface area contributed by atoms with Crippen molar-refractivity contribution in [3.63, 3.8) is 0 Å². The van der Waals surface area contributed by atoms with Gasteiger partial charge in [0, 0.05) is 35.1 Å². The van der Waals surface area contributed by atoms with E-state index in [-0.39, 0.29) is 5.57 Å². The number of nitrogens with one attached hydrogen (secondary N) is 1. The summed E-state index contributed by atoms with van der Waals surface area (Å²) < 4.78 is 38.7. The Balaban J connectivity index is 1.33. The van der Waals surface area contributed by atoms with Gasteiger partial charge in [0.2, 0.25) is 0 Å². The first-order valence-electron chi connectivity index (χ1n) is 13.0. The van der Waals surface area contributed by atoms with Crippen LogP contribution in [0.25, 0.3) is 26.8 Å². The first-order valence-corrected chi connectivity index (χ1v) is 15.3. The van der Waals surface area contributed by atoms with Crippen LogP contribution in [-0.2, 0) is 19.5 Å². The summed E-state index contributed by atoms with van der Waals surface area (Å²) in [5.74, 6) is 0. The Bertz CT molecular complexity index is 1590. The first kappa shape index (κ1) is 29.6. The van der Waals surface area contributed by atoms with Gasteiger partial charge in [-0.05, 0) is 59.2 Å². The molecule has 2 aliphatic rings. The van der Waals surface area contributed by atoms with Crippen LogP contribution in [0.5, 0.6) is 0 Å². The fourth-order valence-electron chi connectivity index (χ4n) is 4.92. The van der Waals surface area contributed by atoms with Crippen LogP contribution in [0.1, 0.15) is 11.8 Å². The molecule has 2 fully saturated rings. The summed E-state index contributed by atoms with van der Waals surface area (Å²) >= 11 is 1.35. The highest BCUT2D eigenvalue weighted by molar-refractivity contribution is 7.93. The molecule has 5 N–H and O–H groups in total. The number of allylic oxidation sites excluding steroid dienone is 2. The van der Waals surface area contributed by atoms with E-state index in [9.17, 15) is 34.1 Å². The van der Waals surface area contributed by atoms with Crippen molar-refractivity contribution >= 4 is 43.4 Å². The molecule has 3 aromatic rings. The van der Waals surface area contributed by atoms with Crippen LogP contribution in [-0.4, -0.2) is 92.4 Å². The number of anilines is 1. The minimum Gasteiger partial charge on any atom is -0.388 e. The summed E-state index contributed by atoms with van der Waals surface area (Å²) in [6.45, 7) is 4.15. The highest BCUT2D eigenvalue weighted by Crippen LogP contribution is 2.36. The number of nitriles is 1. The third kappa shape index (κ3) is 6.17. The molecule has 41 heavy (non-hydrogen) atoms. The zero-order chi connectivity index (χ0) is 29.3. The lowest BCUT2D eigenvalue weighted by atomic mass is 9.99. The molecule has 0 amide bonds. The molecule has 11 nitrogen and oxygen atoms in total. The van der Waals surface area contributed by atoms with E-state index < -0.39 is 52.2 Å². The van der Waals surface area contributed by atoms with E-state index in [1.807, 2.05) is 12.1 Å². The second-order valence-corrected chi connectivity index (χ2v) is 12.8. The predicted molar refractivity (Wildman–Crippen MR) is 154 cm³/mol. The Morgan fingerprint density at radius 2 is 1.73 bits per heavy atom. The average molecular weight is 602 g/mol. The van der Waals surface area contributed by atoms with Crippen molar-refractivity contribution in [2.75, 3.05) is 37.7 Å². The summed E-state index contributed by atoms with van der Waals surface area (Å²) in [4.78, 5) is 3.29. The number of aliphatic hydroxyl groups is 4. The van der Waals surface area contributed by atoms with Crippen molar-refractivity contribution in [3.05, 3.63) is 58.3 Å². The molecule has 0 aliphatic carbocycles. The number of benzene rings is 2. The Hall–Kier alpha value is -2.90. The number of hydrogen-bond donors (Lipinski definition) is 5. The topological polar surface area (TPSA) is 173 Å². The minimum absolute atomic E-state index is 0.243. The van der Waals surface area contributed by atoms with Gasteiger partial charge >= 0.3 is 0 Å². The Morgan fingerprint density at radius 1 is 1.02 bits per heavy atom. The van der Waals surface area contributed by atoms with E-state index >= 15 is 0 Å². The van der Waals surface area contributed by atoms with Crippen LogP contribution in [0.3, 0.4) is 0 Å². The number of fused-ring (bicyclic) bond motifs is 1. The summed E-state index contributed by atoms with van der Waals surface area (Å²) in [5.41, 5.74) is 2.36. The highest BCUT2D eigenvalue weighted by atomic mass is 32.2. The third-order valence-corrected chi connectivity index (χ3v) is 10.1. The average Bonchev–Trinajstić information content (AvgIpc) is 3.48. The van der Waals surface area contributed by atoms with E-state index in [4.69, 9.17) is 9.47 Å². The van der Waals surface area contributed by atoms with Crippen LogP contribution in [0, 0.1) is 11.3 Å². The predicted octanol–water partition coefficient (Wildman–Crippen LogP) is 1.38. The van der Waals surface area contributed by atoms with Crippen molar-refractivity contribution in [1.82, 2.24) is 4.72 Å². The zero-order valence-corrected chi connectivity index (χ0v) is 23.8. The molecule has 1 unspecified atom stereocenters. The van der Waals surface area contributed by atoms with Crippen LogP contribution in [0.2, 0.25) is 0 Å². The lowest BCUT2D eigenvalue weighted by Crippen LogP contribution is -2.59. The molecule has 0 saturated carbocycles. The SMILES string of the molecule is C/C(=C(/C#N)S(=O)(=O)NC[C@H]1OC(O)[C@H](O)[C@@H](O)[C@@H]1O)c1ccc(-c2ccc3cc(N4CCOCC4)ccc3c2)s1. The molecule has 2 saturated heterocycles. The quantitative estimate of drug-likeness (QED) is 0.249.